The van der Waals surface area contributed by atoms with E-state index in [1.165, 1.54) is 11.3 Å². The maximum Gasteiger partial charge on any atom is 0.263 e. The zero-order chi connectivity index (χ0) is 14.7. The molecule has 0 aliphatic heterocycles. The third-order valence-corrected chi connectivity index (χ3v) is 3.63. The van der Waals surface area contributed by atoms with Crippen LogP contribution >= 0.6 is 11.3 Å². The van der Waals surface area contributed by atoms with Gasteiger partial charge in [0.25, 0.3) is 5.91 Å². The van der Waals surface area contributed by atoms with Crippen molar-refractivity contribution in [1.29, 1.82) is 0 Å². The highest BCUT2D eigenvalue weighted by atomic mass is 32.1. The highest BCUT2D eigenvalue weighted by Crippen LogP contribution is 2.12. The summed E-state index contributed by atoms with van der Waals surface area (Å²) in [4.78, 5) is 27.3. The SMILES string of the molecule is Cc1cc(N(C)C)nc(CNC(=O)c2scnc2C)n1. The van der Waals surface area contributed by atoms with Crippen molar-refractivity contribution >= 4 is 23.1 Å². The number of aryl methyl sites for hydroxylation is 2. The van der Waals surface area contributed by atoms with Gasteiger partial charge in [-0.2, -0.15) is 0 Å². The van der Waals surface area contributed by atoms with Crippen LogP contribution in [0.25, 0.3) is 0 Å². The number of thiazole rings is 1. The van der Waals surface area contributed by atoms with E-state index in [1.54, 1.807) is 5.51 Å². The molecule has 0 bridgehead atoms. The molecule has 0 saturated carbocycles. The molecular weight excluding hydrogens is 274 g/mol. The van der Waals surface area contributed by atoms with Crippen molar-refractivity contribution in [1.82, 2.24) is 20.3 Å². The summed E-state index contributed by atoms with van der Waals surface area (Å²) in [6, 6.07) is 1.90. The van der Waals surface area contributed by atoms with Crippen LogP contribution in [-0.2, 0) is 6.54 Å². The molecular formula is C13H17N5OS. The average Bonchev–Trinajstić information content (AvgIpc) is 2.81. The van der Waals surface area contributed by atoms with Crippen molar-refractivity contribution in [2.24, 2.45) is 0 Å². The lowest BCUT2D eigenvalue weighted by molar-refractivity contribution is 0.0953. The van der Waals surface area contributed by atoms with Crippen molar-refractivity contribution < 1.29 is 4.79 Å². The summed E-state index contributed by atoms with van der Waals surface area (Å²) in [6.45, 7) is 4.03. The van der Waals surface area contributed by atoms with Crippen molar-refractivity contribution in [3.05, 3.63) is 33.7 Å². The minimum Gasteiger partial charge on any atom is -0.363 e. The standard InChI is InChI=1S/C13H17N5OS/c1-8-5-11(18(3)4)17-10(16-8)6-14-13(19)12-9(2)15-7-20-12/h5,7H,6H2,1-4H3,(H,14,19). The summed E-state index contributed by atoms with van der Waals surface area (Å²) in [7, 11) is 3.84. The van der Waals surface area contributed by atoms with E-state index in [-0.39, 0.29) is 5.91 Å². The van der Waals surface area contributed by atoms with Crippen molar-refractivity contribution in [2.75, 3.05) is 19.0 Å². The van der Waals surface area contributed by atoms with Crippen molar-refractivity contribution in [2.45, 2.75) is 20.4 Å². The second-order valence-electron chi connectivity index (χ2n) is 4.63. The Morgan fingerprint density at radius 3 is 2.70 bits per heavy atom. The Morgan fingerprint density at radius 2 is 2.10 bits per heavy atom. The van der Waals surface area contributed by atoms with Crippen LogP contribution in [0.5, 0.6) is 0 Å². The van der Waals surface area contributed by atoms with Gasteiger partial charge in [-0.1, -0.05) is 0 Å². The molecule has 7 heteroatoms. The molecule has 0 saturated heterocycles. The normalized spacial score (nSPS) is 10.4. The molecule has 106 valence electrons. The quantitative estimate of drug-likeness (QED) is 0.925. The molecule has 0 aromatic carbocycles. The van der Waals surface area contributed by atoms with Gasteiger partial charge in [0.2, 0.25) is 0 Å². The van der Waals surface area contributed by atoms with Gasteiger partial charge in [0, 0.05) is 25.9 Å². The van der Waals surface area contributed by atoms with Gasteiger partial charge in [0.1, 0.15) is 16.5 Å². The molecule has 2 rings (SSSR count). The van der Waals surface area contributed by atoms with Gasteiger partial charge in [-0.05, 0) is 13.8 Å². The fourth-order valence-corrected chi connectivity index (χ4v) is 2.40. The second kappa shape index (κ2) is 5.96. The van der Waals surface area contributed by atoms with Crippen LogP contribution < -0.4 is 10.2 Å². The average molecular weight is 291 g/mol. The predicted octanol–water partition coefficient (Wildman–Crippen LogP) is 1.55. The molecule has 0 radical (unpaired) electrons. The summed E-state index contributed by atoms with van der Waals surface area (Å²) in [5, 5.41) is 2.82. The van der Waals surface area contributed by atoms with Crippen LogP contribution in [0.3, 0.4) is 0 Å². The molecule has 0 aliphatic rings. The number of aromatic nitrogens is 3. The summed E-state index contributed by atoms with van der Waals surface area (Å²) in [5.41, 5.74) is 3.28. The first-order chi connectivity index (χ1) is 9.47. The van der Waals surface area contributed by atoms with E-state index in [2.05, 4.69) is 20.3 Å². The number of hydrogen-bond donors (Lipinski definition) is 1. The third kappa shape index (κ3) is 3.30. The molecule has 0 fully saturated rings. The van der Waals surface area contributed by atoms with Gasteiger partial charge in [-0.15, -0.1) is 11.3 Å². The first-order valence-electron chi connectivity index (χ1n) is 6.17. The Bertz CT molecular complexity index is 623. The maximum absolute atomic E-state index is 12.0. The molecule has 6 nitrogen and oxygen atoms in total. The van der Waals surface area contributed by atoms with E-state index in [4.69, 9.17) is 0 Å². The third-order valence-electron chi connectivity index (χ3n) is 2.70. The Balaban J connectivity index is 2.08. The van der Waals surface area contributed by atoms with Crippen LogP contribution in [0.4, 0.5) is 5.82 Å². The first-order valence-corrected chi connectivity index (χ1v) is 7.05. The summed E-state index contributed by atoms with van der Waals surface area (Å²) in [6.07, 6.45) is 0. The first kappa shape index (κ1) is 14.4. The maximum atomic E-state index is 12.0. The van der Waals surface area contributed by atoms with E-state index in [0.717, 1.165) is 17.2 Å². The van der Waals surface area contributed by atoms with E-state index < -0.39 is 0 Å². The van der Waals surface area contributed by atoms with Crippen molar-refractivity contribution in [3.63, 3.8) is 0 Å². The smallest absolute Gasteiger partial charge is 0.263 e. The fraction of sp³-hybridized carbons (Fsp3) is 0.385. The van der Waals surface area contributed by atoms with Gasteiger partial charge in [0.15, 0.2) is 0 Å². The van der Waals surface area contributed by atoms with Crippen LogP contribution in [-0.4, -0.2) is 35.0 Å². The molecule has 0 unspecified atom stereocenters. The van der Waals surface area contributed by atoms with E-state index in [9.17, 15) is 4.79 Å². The van der Waals surface area contributed by atoms with E-state index >= 15 is 0 Å². The van der Waals surface area contributed by atoms with E-state index in [1.807, 2.05) is 38.9 Å². The van der Waals surface area contributed by atoms with Gasteiger partial charge < -0.3 is 10.2 Å². The lowest BCUT2D eigenvalue weighted by Crippen LogP contribution is -2.24. The number of anilines is 1. The van der Waals surface area contributed by atoms with Crippen LogP contribution in [0.1, 0.15) is 26.9 Å². The van der Waals surface area contributed by atoms with Gasteiger partial charge in [-0.3, -0.25) is 4.79 Å². The zero-order valence-corrected chi connectivity index (χ0v) is 12.8. The molecule has 20 heavy (non-hydrogen) atoms. The van der Waals surface area contributed by atoms with Gasteiger partial charge in [0.05, 0.1) is 17.7 Å². The molecule has 2 heterocycles. The predicted molar refractivity (Wildman–Crippen MR) is 79.1 cm³/mol. The Hall–Kier alpha value is -2.02. The minimum atomic E-state index is -0.137. The number of nitrogens with zero attached hydrogens (tertiary/aromatic N) is 4. The molecule has 1 amide bonds. The number of hydrogen-bond acceptors (Lipinski definition) is 6. The number of nitrogens with one attached hydrogen (secondary N) is 1. The summed E-state index contributed by atoms with van der Waals surface area (Å²) < 4.78 is 0. The fourth-order valence-electron chi connectivity index (χ4n) is 1.68. The second-order valence-corrected chi connectivity index (χ2v) is 5.48. The molecule has 0 atom stereocenters. The number of carbonyl (C=O) groups is 1. The molecule has 2 aromatic heterocycles. The number of carbonyl (C=O) groups excluding carboxylic acids is 1. The number of rotatable bonds is 4. The van der Waals surface area contributed by atoms with Gasteiger partial charge >= 0.3 is 0 Å². The van der Waals surface area contributed by atoms with Crippen LogP contribution in [0, 0.1) is 13.8 Å². The van der Waals surface area contributed by atoms with Gasteiger partial charge in [-0.25, -0.2) is 15.0 Å². The lowest BCUT2D eigenvalue weighted by atomic mass is 10.3. The zero-order valence-electron chi connectivity index (χ0n) is 12.0. The highest BCUT2D eigenvalue weighted by Gasteiger charge is 2.12. The minimum absolute atomic E-state index is 0.137. The Labute approximate surface area is 121 Å². The Morgan fingerprint density at radius 1 is 1.35 bits per heavy atom. The highest BCUT2D eigenvalue weighted by molar-refractivity contribution is 7.11. The summed E-state index contributed by atoms with van der Waals surface area (Å²) >= 11 is 1.33. The molecule has 0 aliphatic carbocycles. The topological polar surface area (TPSA) is 71.0 Å². The molecule has 1 N–H and O–H groups in total. The monoisotopic (exact) mass is 291 g/mol. The lowest BCUT2D eigenvalue weighted by Gasteiger charge is -2.13. The molecule has 2 aromatic rings. The van der Waals surface area contributed by atoms with Crippen LogP contribution in [0.15, 0.2) is 11.6 Å². The molecule has 0 spiro atoms. The largest absolute Gasteiger partial charge is 0.363 e. The van der Waals surface area contributed by atoms with Crippen LogP contribution in [0.2, 0.25) is 0 Å². The Kier molecular flexibility index (Phi) is 4.29. The van der Waals surface area contributed by atoms with E-state index in [0.29, 0.717) is 17.2 Å². The number of amides is 1. The summed E-state index contributed by atoms with van der Waals surface area (Å²) in [5.74, 6) is 1.29. The van der Waals surface area contributed by atoms with Crippen molar-refractivity contribution in [3.8, 4) is 0 Å².